The van der Waals surface area contributed by atoms with Crippen LogP contribution in [0.1, 0.15) is 17.3 Å². The van der Waals surface area contributed by atoms with Crippen molar-refractivity contribution < 1.29 is 4.79 Å². The minimum Gasteiger partial charge on any atom is -0.384 e. The lowest BCUT2D eigenvalue weighted by molar-refractivity contribution is -0.122. The quantitative estimate of drug-likeness (QED) is 0.880. The number of aromatic nitrogens is 2. The third-order valence-corrected chi connectivity index (χ3v) is 3.72. The van der Waals surface area contributed by atoms with Crippen LogP contribution in [-0.4, -0.2) is 28.5 Å². The summed E-state index contributed by atoms with van der Waals surface area (Å²) in [5.41, 5.74) is 2.15. The number of anilines is 1. The van der Waals surface area contributed by atoms with E-state index in [1.165, 1.54) is 0 Å². The Balaban J connectivity index is 1.57. The summed E-state index contributed by atoms with van der Waals surface area (Å²) in [6, 6.07) is 7.97. The first kappa shape index (κ1) is 12.7. The number of fused-ring (bicyclic) bond motifs is 1. The zero-order chi connectivity index (χ0) is 13.9. The molecule has 1 aromatic carbocycles. The molecule has 0 fully saturated rings. The Kier molecular flexibility index (Phi) is 3.41. The topological polar surface area (TPSA) is 59.0 Å². The highest BCUT2D eigenvalue weighted by molar-refractivity contribution is 5.88. The molecule has 1 atom stereocenters. The van der Waals surface area contributed by atoms with Crippen molar-refractivity contribution in [1.29, 1.82) is 0 Å². The van der Waals surface area contributed by atoms with Gasteiger partial charge in [-0.25, -0.2) is 4.98 Å². The molecule has 5 nitrogen and oxygen atoms in total. The second-order valence-electron chi connectivity index (χ2n) is 5.02. The van der Waals surface area contributed by atoms with Crippen LogP contribution in [0, 0.1) is 0 Å². The van der Waals surface area contributed by atoms with Crippen molar-refractivity contribution in [2.45, 2.75) is 12.3 Å². The van der Waals surface area contributed by atoms with Crippen molar-refractivity contribution in [2.24, 2.45) is 7.05 Å². The highest BCUT2D eigenvalue weighted by atomic mass is 16.1. The summed E-state index contributed by atoms with van der Waals surface area (Å²) in [6.45, 7) is 1.29. The van der Waals surface area contributed by atoms with Gasteiger partial charge in [-0.2, -0.15) is 0 Å². The lowest BCUT2D eigenvalue weighted by Gasteiger charge is -2.11. The molecule has 0 bridgehead atoms. The summed E-state index contributed by atoms with van der Waals surface area (Å²) in [4.78, 5) is 16.5. The third kappa shape index (κ3) is 2.39. The molecule has 1 aliphatic rings. The summed E-state index contributed by atoms with van der Waals surface area (Å²) in [5.74, 6) is 0.972. The van der Waals surface area contributed by atoms with E-state index in [9.17, 15) is 4.79 Å². The first-order chi connectivity index (χ1) is 9.75. The second-order valence-corrected chi connectivity index (χ2v) is 5.02. The number of nitrogens with zero attached hydrogens (tertiary/aromatic N) is 2. The van der Waals surface area contributed by atoms with E-state index in [0.29, 0.717) is 13.1 Å². The third-order valence-electron chi connectivity index (χ3n) is 3.72. The maximum atomic E-state index is 12.2. The monoisotopic (exact) mass is 270 g/mol. The summed E-state index contributed by atoms with van der Waals surface area (Å²) in [7, 11) is 1.96. The van der Waals surface area contributed by atoms with Crippen LogP contribution < -0.4 is 10.6 Å². The van der Waals surface area contributed by atoms with Gasteiger partial charge in [0.05, 0.1) is 5.92 Å². The van der Waals surface area contributed by atoms with Crippen LogP contribution in [0.15, 0.2) is 36.7 Å². The maximum Gasteiger partial charge on any atom is 0.229 e. The van der Waals surface area contributed by atoms with Gasteiger partial charge in [-0.05, 0) is 11.6 Å². The van der Waals surface area contributed by atoms with Crippen LogP contribution in [0.3, 0.4) is 0 Å². The number of para-hydroxylation sites is 1. The normalized spacial score (nSPS) is 16.6. The Hall–Kier alpha value is -2.30. The van der Waals surface area contributed by atoms with E-state index in [-0.39, 0.29) is 11.8 Å². The van der Waals surface area contributed by atoms with Gasteiger partial charge in [0.25, 0.3) is 0 Å². The van der Waals surface area contributed by atoms with Gasteiger partial charge < -0.3 is 15.2 Å². The van der Waals surface area contributed by atoms with Gasteiger partial charge in [0.1, 0.15) is 5.82 Å². The Morgan fingerprint density at radius 3 is 3.15 bits per heavy atom. The number of aryl methyl sites for hydroxylation is 1. The van der Waals surface area contributed by atoms with Crippen molar-refractivity contribution >= 4 is 11.6 Å². The Labute approximate surface area is 118 Å². The van der Waals surface area contributed by atoms with E-state index in [1.54, 1.807) is 6.20 Å². The molecule has 0 aliphatic carbocycles. The number of amides is 1. The number of rotatable bonds is 4. The number of carbonyl (C=O) groups is 1. The Morgan fingerprint density at radius 1 is 1.50 bits per heavy atom. The zero-order valence-electron chi connectivity index (χ0n) is 11.5. The van der Waals surface area contributed by atoms with Crippen LogP contribution >= 0.6 is 0 Å². The second kappa shape index (κ2) is 5.36. The standard InChI is InChI=1S/C15H18N4O/c1-19-9-8-16-14(19)6-7-17-15(20)12-10-18-13-5-3-2-4-11(12)13/h2-5,8-9,12,18H,6-7,10H2,1H3,(H,17,20). The SMILES string of the molecule is Cn1ccnc1CCNC(=O)C1CNc2ccccc21. The van der Waals surface area contributed by atoms with Gasteiger partial charge in [-0.3, -0.25) is 4.79 Å². The lowest BCUT2D eigenvalue weighted by Crippen LogP contribution is -2.32. The summed E-state index contributed by atoms with van der Waals surface area (Å²) < 4.78 is 1.97. The van der Waals surface area contributed by atoms with E-state index >= 15 is 0 Å². The fourth-order valence-corrected chi connectivity index (χ4v) is 2.58. The number of hydrogen-bond donors (Lipinski definition) is 2. The van der Waals surface area contributed by atoms with Gasteiger partial charge >= 0.3 is 0 Å². The molecule has 1 aliphatic heterocycles. The predicted octanol–water partition coefficient (Wildman–Crippen LogP) is 1.29. The minimum absolute atomic E-state index is 0.0802. The summed E-state index contributed by atoms with van der Waals surface area (Å²) >= 11 is 0. The molecule has 0 saturated heterocycles. The molecule has 104 valence electrons. The first-order valence-electron chi connectivity index (χ1n) is 6.82. The molecule has 2 N–H and O–H groups in total. The highest BCUT2D eigenvalue weighted by Crippen LogP contribution is 2.30. The van der Waals surface area contributed by atoms with Crippen molar-refractivity contribution in [3.8, 4) is 0 Å². The number of nitrogens with one attached hydrogen (secondary N) is 2. The van der Waals surface area contributed by atoms with Gasteiger partial charge in [-0.15, -0.1) is 0 Å². The number of hydrogen-bond acceptors (Lipinski definition) is 3. The molecule has 3 rings (SSSR count). The maximum absolute atomic E-state index is 12.2. The van der Waals surface area contributed by atoms with Crippen molar-refractivity contribution in [1.82, 2.24) is 14.9 Å². The fourth-order valence-electron chi connectivity index (χ4n) is 2.58. The average Bonchev–Trinajstić information content (AvgIpc) is 3.05. The van der Waals surface area contributed by atoms with Gasteiger partial charge in [-0.1, -0.05) is 18.2 Å². The minimum atomic E-state index is -0.0902. The van der Waals surface area contributed by atoms with Crippen LogP contribution in [-0.2, 0) is 18.3 Å². The fraction of sp³-hybridized carbons (Fsp3) is 0.333. The van der Waals surface area contributed by atoms with E-state index in [4.69, 9.17) is 0 Å². The molecule has 2 aromatic rings. The highest BCUT2D eigenvalue weighted by Gasteiger charge is 2.27. The van der Waals surface area contributed by atoms with Crippen molar-refractivity contribution in [2.75, 3.05) is 18.4 Å². The molecule has 0 radical (unpaired) electrons. The van der Waals surface area contributed by atoms with Crippen LogP contribution in [0.2, 0.25) is 0 Å². The van der Waals surface area contributed by atoms with Gasteiger partial charge in [0.2, 0.25) is 5.91 Å². The van der Waals surface area contributed by atoms with Crippen LogP contribution in [0.5, 0.6) is 0 Å². The van der Waals surface area contributed by atoms with Crippen molar-refractivity contribution in [3.63, 3.8) is 0 Å². The smallest absolute Gasteiger partial charge is 0.229 e. The molecular formula is C15H18N4O. The molecule has 2 heterocycles. The van der Waals surface area contributed by atoms with Crippen molar-refractivity contribution in [3.05, 3.63) is 48.0 Å². The Morgan fingerprint density at radius 2 is 2.35 bits per heavy atom. The summed E-state index contributed by atoms with van der Waals surface area (Å²) in [6.07, 6.45) is 4.43. The molecule has 0 saturated carbocycles. The average molecular weight is 270 g/mol. The van der Waals surface area contributed by atoms with E-state index in [1.807, 2.05) is 42.1 Å². The largest absolute Gasteiger partial charge is 0.384 e. The molecule has 1 amide bonds. The van der Waals surface area contributed by atoms with E-state index in [2.05, 4.69) is 15.6 Å². The van der Waals surface area contributed by atoms with E-state index < -0.39 is 0 Å². The number of imidazole rings is 1. The molecular weight excluding hydrogens is 252 g/mol. The molecule has 5 heteroatoms. The molecule has 1 unspecified atom stereocenters. The predicted molar refractivity (Wildman–Crippen MR) is 77.6 cm³/mol. The molecule has 1 aromatic heterocycles. The molecule has 20 heavy (non-hydrogen) atoms. The zero-order valence-corrected chi connectivity index (χ0v) is 11.5. The number of benzene rings is 1. The number of carbonyl (C=O) groups excluding carboxylic acids is 1. The van der Waals surface area contributed by atoms with Gasteiger partial charge in [0, 0.05) is 44.6 Å². The molecule has 0 spiro atoms. The Bertz CT molecular complexity index is 620. The van der Waals surface area contributed by atoms with Crippen LogP contribution in [0.25, 0.3) is 0 Å². The van der Waals surface area contributed by atoms with Crippen LogP contribution in [0.4, 0.5) is 5.69 Å². The first-order valence-corrected chi connectivity index (χ1v) is 6.82. The van der Waals surface area contributed by atoms with Gasteiger partial charge in [0.15, 0.2) is 0 Å². The summed E-state index contributed by atoms with van der Waals surface area (Å²) in [5, 5.41) is 6.27. The van der Waals surface area contributed by atoms with E-state index in [0.717, 1.165) is 23.5 Å². The lowest BCUT2D eigenvalue weighted by atomic mass is 10.0.